The largest absolute Gasteiger partial charge is 0.507 e. The Kier molecular flexibility index (Phi) is 4.53. The molecule has 0 spiro atoms. The molecule has 1 heterocycles. The van der Waals surface area contributed by atoms with Gasteiger partial charge in [0.1, 0.15) is 12.1 Å². The van der Waals surface area contributed by atoms with Crippen molar-refractivity contribution in [3.63, 3.8) is 0 Å². The fourth-order valence-corrected chi connectivity index (χ4v) is 0.841. The molecule has 15 heavy (non-hydrogen) atoms. The van der Waals surface area contributed by atoms with Gasteiger partial charge in [0.05, 0.1) is 5.56 Å². The van der Waals surface area contributed by atoms with Crippen molar-refractivity contribution in [1.29, 1.82) is 0 Å². The minimum absolute atomic E-state index is 0.0347. The number of aromatic nitrogens is 2. The van der Waals surface area contributed by atoms with Gasteiger partial charge in [-0.15, -0.1) is 0 Å². The highest BCUT2D eigenvalue weighted by Gasteiger charge is 1.93. The van der Waals surface area contributed by atoms with Crippen LogP contribution < -0.4 is 0 Å². The molecule has 4 heteroatoms. The molecule has 0 saturated heterocycles. The lowest BCUT2D eigenvalue weighted by Crippen LogP contribution is -1.77. The van der Waals surface area contributed by atoms with Crippen molar-refractivity contribution in [2.45, 2.75) is 0 Å². The quantitative estimate of drug-likeness (QED) is 0.714. The Bertz CT molecular complexity index is 378. The Labute approximate surface area is 87.3 Å². The van der Waals surface area contributed by atoms with E-state index in [1.807, 2.05) is 0 Å². The van der Waals surface area contributed by atoms with Crippen LogP contribution in [-0.2, 0) is 0 Å². The van der Waals surface area contributed by atoms with Crippen LogP contribution in [0.1, 0.15) is 10.4 Å². The molecule has 0 saturated carbocycles. The fourth-order valence-electron chi connectivity index (χ4n) is 0.841. The van der Waals surface area contributed by atoms with Gasteiger partial charge in [-0.2, -0.15) is 0 Å². The number of phenols is 1. The van der Waals surface area contributed by atoms with Gasteiger partial charge >= 0.3 is 0 Å². The first-order chi connectivity index (χ1) is 7.34. The average molecular weight is 202 g/mol. The molecule has 0 aliphatic carbocycles. The molecule has 2 aromatic rings. The van der Waals surface area contributed by atoms with E-state index in [-0.39, 0.29) is 5.75 Å². The third-order valence-electron chi connectivity index (χ3n) is 1.54. The normalized spacial score (nSPS) is 8.53. The van der Waals surface area contributed by atoms with Crippen LogP contribution >= 0.6 is 0 Å². The maximum Gasteiger partial charge on any atom is 0.153 e. The smallest absolute Gasteiger partial charge is 0.153 e. The maximum absolute atomic E-state index is 10.1. The minimum Gasteiger partial charge on any atom is -0.507 e. The predicted molar refractivity (Wildman–Crippen MR) is 55.5 cm³/mol. The number of nitrogens with zero attached hydrogens (tertiary/aromatic N) is 2. The summed E-state index contributed by atoms with van der Waals surface area (Å²) in [6.45, 7) is 0. The van der Waals surface area contributed by atoms with Gasteiger partial charge in [-0.1, -0.05) is 12.1 Å². The predicted octanol–water partition coefficient (Wildman–Crippen LogP) is 1.68. The van der Waals surface area contributed by atoms with Crippen LogP contribution in [0.5, 0.6) is 5.75 Å². The molecule has 76 valence electrons. The Hall–Kier alpha value is -2.23. The summed E-state index contributed by atoms with van der Waals surface area (Å²) in [5, 5.41) is 8.88. The number of aromatic hydroxyl groups is 1. The third-order valence-corrected chi connectivity index (χ3v) is 1.54. The summed E-state index contributed by atoms with van der Waals surface area (Å²) in [5.41, 5.74) is 0.331. The third kappa shape index (κ3) is 3.99. The summed E-state index contributed by atoms with van der Waals surface area (Å²) in [7, 11) is 0. The van der Waals surface area contributed by atoms with Crippen LogP contribution in [-0.4, -0.2) is 21.4 Å². The number of carbonyl (C=O) groups is 1. The summed E-state index contributed by atoms with van der Waals surface area (Å²) in [5.74, 6) is 0.0347. The van der Waals surface area contributed by atoms with Crippen molar-refractivity contribution in [3.05, 3.63) is 54.6 Å². The first-order valence-electron chi connectivity index (χ1n) is 4.27. The number of carbonyl (C=O) groups excluding carboxylic acids is 1. The monoisotopic (exact) mass is 202 g/mol. The highest BCUT2D eigenvalue weighted by atomic mass is 16.3. The number of aldehydes is 1. The van der Waals surface area contributed by atoms with Crippen LogP contribution in [0.25, 0.3) is 0 Å². The maximum atomic E-state index is 10.1. The lowest BCUT2D eigenvalue weighted by Gasteiger charge is -1.91. The number of phenolic OH excluding ortho intramolecular Hbond substituents is 1. The first kappa shape index (κ1) is 10.8. The summed E-state index contributed by atoms with van der Waals surface area (Å²) in [6, 6.07) is 8.18. The standard InChI is InChI=1S/C7H6O2.C4H4N2/c8-5-6-3-1-2-4-7(6)9;1-2-5-4-6-3-1/h1-5,9H;1-4H. The van der Waals surface area contributed by atoms with Crippen molar-refractivity contribution in [2.24, 2.45) is 0 Å². The highest BCUT2D eigenvalue weighted by Crippen LogP contribution is 2.11. The van der Waals surface area contributed by atoms with Gasteiger partial charge in [0.15, 0.2) is 6.29 Å². The van der Waals surface area contributed by atoms with Crippen LogP contribution in [0.3, 0.4) is 0 Å². The van der Waals surface area contributed by atoms with Gasteiger partial charge in [0.25, 0.3) is 0 Å². The molecule has 0 bridgehead atoms. The van der Waals surface area contributed by atoms with Crippen LogP contribution in [0.15, 0.2) is 49.1 Å². The first-order valence-corrected chi connectivity index (χ1v) is 4.27. The second-order valence-corrected chi connectivity index (χ2v) is 2.58. The summed E-state index contributed by atoms with van der Waals surface area (Å²) >= 11 is 0. The summed E-state index contributed by atoms with van der Waals surface area (Å²) in [6.07, 6.45) is 5.50. The van der Waals surface area contributed by atoms with Gasteiger partial charge in [-0.05, 0) is 18.2 Å². The number of hydrogen-bond donors (Lipinski definition) is 1. The molecule has 0 fully saturated rings. The van der Waals surface area contributed by atoms with E-state index < -0.39 is 0 Å². The van der Waals surface area contributed by atoms with Gasteiger partial charge in [-0.3, -0.25) is 4.79 Å². The van der Waals surface area contributed by atoms with Crippen LogP contribution in [0.4, 0.5) is 0 Å². The van der Waals surface area contributed by atoms with Gasteiger partial charge in [0.2, 0.25) is 0 Å². The van der Waals surface area contributed by atoms with Crippen LogP contribution in [0, 0.1) is 0 Å². The van der Waals surface area contributed by atoms with Gasteiger partial charge < -0.3 is 5.11 Å². The molecular formula is C11H10N2O2. The zero-order chi connectivity index (χ0) is 10.9. The second-order valence-electron chi connectivity index (χ2n) is 2.58. The van der Waals surface area contributed by atoms with E-state index in [0.717, 1.165) is 0 Å². The molecule has 0 unspecified atom stereocenters. The van der Waals surface area contributed by atoms with E-state index in [9.17, 15) is 4.79 Å². The Balaban J connectivity index is 0.000000162. The van der Waals surface area contributed by atoms with Crippen molar-refractivity contribution in [1.82, 2.24) is 9.97 Å². The molecule has 1 N–H and O–H groups in total. The van der Waals surface area contributed by atoms with E-state index >= 15 is 0 Å². The number of rotatable bonds is 1. The Morgan fingerprint density at radius 3 is 2.07 bits per heavy atom. The molecule has 0 aliphatic rings. The average Bonchev–Trinajstić information content (AvgIpc) is 2.33. The molecule has 0 aliphatic heterocycles. The molecule has 0 radical (unpaired) electrons. The summed E-state index contributed by atoms with van der Waals surface area (Å²) in [4.78, 5) is 17.4. The number of benzene rings is 1. The van der Waals surface area contributed by atoms with Crippen molar-refractivity contribution in [3.8, 4) is 5.75 Å². The minimum atomic E-state index is 0.0347. The van der Waals surface area contributed by atoms with Gasteiger partial charge in [-0.25, -0.2) is 9.97 Å². The number of para-hydroxylation sites is 1. The van der Waals surface area contributed by atoms with E-state index in [1.165, 1.54) is 12.4 Å². The fraction of sp³-hybridized carbons (Fsp3) is 0. The molecule has 4 nitrogen and oxygen atoms in total. The molecule has 0 atom stereocenters. The molecule has 2 rings (SSSR count). The van der Waals surface area contributed by atoms with Gasteiger partial charge in [0, 0.05) is 12.4 Å². The van der Waals surface area contributed by atoms with E-state index in [1.54, 1.807) is 36.7 Å². The zero-order valence-corrected chi connectivity index (χ0v) is 7.95. The molecule has 1 aromatic heterocycles. The van der Waals surface area contributed by atoms with E-state index in [2.05, 4.69) is 9.97 Å². The van der Waals surface area contributed by atoms with Crippen molar-refractivity contribution >= 4 is 6.29 Å². The molecular weight excluding hydrogens is 192 g/mol. The SMILES string of the molecule is O=Cc1ccccc1O.c1cncnc1. The molecule has 0 amide bonds. The zero-order valence-electron chi connectivity index (χ0n) is 7.95. The highest BCUT2D eigenvalue weighted by molar-refractivity contribution is 5.78. The van der Waals surface area contributed by atoms with Crippen molar-refractivity contribution < 1.29 is 9.90 Å². The molecule has 1 aromatic carbocycles. The Morgan fingerprint density at radius 1 is 1.07 bits per heavy atom. The van der Waals surface area contributed by atoms with Crippen molar-refractivity contribution in [2.75, 3.05) is 0 Å². The summed E-state index contributed by atoms with van der Waals surface area (Å²) < 4.78 is 0. The van der Waals surface area contributed by atoms with E-state index in [0.29, 0.717) is 11.8 Å². The second kappa shape index (κ2) is 6.26. The van der Waals surface area contributed by atoms with E-state index in [4.69, 9.17) is 5.11 Å². The van der Waals surface area contributed by atoms with Crippen LogP contribution in [0.2, 0.25) is 0 Å². The lowest BCUT2D eigenvalue weighted by molar-refractivity contribution is 0.112. The topological polar surface area (TPSA) is 63.1 Å². The number of hydrogen-bond acceptors (Lipinski definition) is 4. The lowest BCUT2D eigenvalue weighted by atomic mass is 10.2. The Morgan fingerprint density at radius 2 is 1.73 bits per heavy atom.